The minimum atomic E-state index is -3.70. The summed E-state index contributed by atoms with van der Waals surface area (Å²) in [6, 6.07) is 24.1. The average molecular weight is 768 g/mol. The van der Waals surface area contributed by atoms with Crippen molar-refractivity contribution in [3.8, 4) is 11.5 Å². The van der Waals surface area contributed by atoms with Gasteiger partial charge in [0, 0.05) is 38.8 Å². The molecule has 1 N–H and O–H groups in total. The molecule has 2 amide bonds. The first-order valence-corrected chi connectivity index (χ1v) is 19.2. The SMILES string of the molecule is COc1ccc(C(CCCNS(=O)(=O)c2ccc(Br)s2)N2C(=O)c3cccc(N4CCN(C(C)c5ccccc5)CC4)c3C2=O)cc1OC. The van der Waals surface area contributed by atoms with Crippen molar-refractivity contribution in [3.05, 3.63) is 105 Å². The van der Waals surface area contributed by atoms with Crippen LogP contribution in [0.4, 0.5) is 5.69 Å². The normalized spacial score (nSPS) is 16.5. The zero-order chi connectivity index (χ0) is 34.7. The van der Waals surface area contributed by atoms with Crippen molar-refractivity contribution in [2.45, 2.75) is 36.1 Å². The summed E-state index contributed by atoms with van der Waals surface area (Å²) in [7, 11) is -0.630. The van der Waals surface area contributed by atoms with Crippen molar-refractivity contribution in [1.29, 1.82) is 0 Å². The number of halogens is 1. The van der Waals surface area contributed by atoms with Gasteiger partial charge in [0.1, 0.15) is 4.21 Å². The third-order valence-electron chi connectivity index (χ3n) is 9.27. The van der Waals surface area contributed by atoms with E-state index in [1.807, 2.05) is 24.3 Å². The molecule has 0 saturated carbocycles. The highest BCUT2D eigenvalue weighted by molar-refractivity contribution is 9.11. The molecule has 1 fully saturated rings. The molecule has 6 rings (SSSR count). The summed E-state index contributed by atoms with van der Waals surface area (Å²) in [5, 5.41) is 0. The first-order chi connectivity index (χ1) is 23.6. The molecule has 4 aromatic rings. The Balaban J connectivity index is 1.23. The van der Waals surface area contributed by atoms with Crippen LogP contribution in [-0.4, -0.2) is 77.0 Å². The molecule has 10 nitrogen and oxygen atoms in total. The molecule has 3 aromatic carbocycles. The largest absolute Gasteiger partial charge is 0.493 e. The van der Waals surface area contributed by atoms with Gasteiger partial charge in [-0.15, -0.1) is 11.3 Å². The molecule has 13 heteroatoms. The van der Waals surface area contributed by atoms with Crippen LogP contribution in [0.3, 0.4) is 0 Å². The van der Waals surface area contributed by atoms with Gasteiger partial charge in [-0.3, -0.25) is 19.4 Å². The van der Waals surface area contributed by atoms with E-state index in [1.54, 1.807) is 37.4 Å². The van der Waals surface area contributed by atoms with Crippen LogP contribution in [0.15, 0.2) is 86.9 Å². The molecule has 49 heavy (non-hydrogen) atoms. The molecular weight excluding hydrogens is 728 g/mol. The maximum Gasteiger partial charge on any atom is 0.264 e. The Hall–Kier alpha value is -3.75. The number of methoxy groups -OCH3 is 2. The molecule has 3 heterocycles. The van der Waals surface area contributed by atoms with E-state index in [0.29, 0.717) is 41.0 Å². The molecule has 1 saturated heterocycles. The monoisotopic (exact) mass is 766 g/mol. The summed E-state index contributed by atoms with van der Waals surface area (Å²) < 4.78 is 40.3. The first-order valence-electron chi connectivity index (χ1n) is 16.1. The summed E-state index contributed by atoms with van der Waals surface area (Å²) >= 11 is 4.44. The number of ether oxygens (including phenoxy) is 2. The highest BCUT2D eigenvalue weighted by atomic mass is 79.9. The van der Waals surface area contributed by atoms with Gasteiger partial charge in [0.05, 0.1) is 40.9 Å². The molecule has 1 aromatic heterocycles. The molecule has 0 radical (unpaired) electrons. The Labute approximate surface area is 299 Å². The number of nitrogens with zero attached hydrogens (tertiary/aromatic N) is 3. The van der Waals surface area contributed by atoms with Crippen LogP contribution in [0.2, 0.25) is 0 Å². The molecule has 0 aliphatic carbocycles. The second-order valence-electron chi connectivity index (χ2n) is 12.0. The third kappa shape index (κ3) is 7.27. The minimum Gasteiger partial charge on any atom is -0.493 e. The van der Waals surface area contributed by atoms with Crippen molar-refractivity contribution in [2.24, 2.45) is 0 Å². The van der Waals surface area contributed by atoms with E-state index in [0.717, 1.165) is 47.0 Å². The van der Waals surface area contributed by atoms with Crippen molar-refractivity contribution < 1.29 is 27.5 Å². The number of amides is 2. The summed E-state index contributed by atoms with van der Waals surface area (Å²) in [5.41, 5.74) is 3.48. The number of carbonyl (C=O) groups excluding carboxylic acids is 2. The van der Waals surface area contributed by atoms with Gasteiger partial charge in [-0.1, -0.05) is 42.5 Å². The zero-order valence-electron chi connectivity index (χ0n) is 27.6. The predicted molar refractivity (Wildman–Crippen MR) is 194 cm³/mol. The van der Waals surface area contributed by atoms with E-state index in [4.69, 9.17) is 9.47 Å². The Bertz CT molecular complexity index is 1930. The third-order valence-corrected chi connectivity index (χ3v) is 12.8. The highest BCUT2D eigenvalue weighted by Gasteiger charge is 2.43. The predicted octanol–water partition coefficient (Wildman–Crippen LogP) is 6.51. The molecule has 2 atom stereocenters. The number of imide groups is 1. The quantitative estimate of drug-likeness (QED) is 0.121. The summed E-state index contributed by atoms with van der Waals surface area (Å²) in [6.07, 6.45) is 0.690. The minimum absolute atomic E-state index is 0.127. The fourth-order valence-electron chi connectivity index (χ4n) is 6.64. The number of hydrogen-bond donors (Lipinski definition) is 1. The smallest absolute Gasteiger partial charge is 0.264 e. The van der Waals surface area contributed by atoms with Crippen LogP contribution in [-0.2, 0) is 10.0 Å². The number of rotatable bonds is 13. The molecule has 0 bridgehead atoms. The van der Waals surface area contributed by atoms with Gasteiger partial charge in [0.15, 0.2) is 11.5 Å². The molecule has 258 valence electrons. The summed E-state index contributed by atoms with van der Waals surface area (Å²) in [5.74, 6) is 0.251. The maximum absolute atomic E-state index is 14.4. The lowest BCUT2D eigenvalue weighted by molar-refractivity contribution is 0.0572. The van der Waals surface area contributed by atoms with Gasteiger partial charge in [0.2, 0.25) is 10.0 Å². The number of carbonyl (C=O) groups is 2. The van der Waals surface area contributed by atoms with E-state index in [1.165, 1.54) is 17.6 Å². The van der Waals surface area contributed by atoms with Crippen molar-refractivity contribution >= 4 is 54.8 Å². The molecule has 0 spiro atoms. The highest BCUT2D eigenvalue weighted by Crippen LogP contribution is 2.41. The van der Waals surface area contributed by atoms with Gasteiger partial charge < -0.3 is 14.4 Å². The maximum atomic E-state index is 14.4. The van der Waals surface area contributed by atoms with Gasteiger partial charge in [-0.2, -0.15) is 0 Å². The Morgan fingerprint density at radius 3 is 2.27 bits per heavy atom. The van der Waals surface area contributed by atoms with E-state index in [-0.39, 0.29) is 28.6 Å². The summed E-state index contributed by atoms with van der Waals surface area (Å²) in [6.45, 7) is 5.41. The topological polar surface area (TPSA) is 108 Å². The van der Waals surface area contributed by atoms with Crippen molar-refractivity contribution in [3.63, 3.8) is 0 Å². The van der Waals surface area contributed by atoms with Crippen molar-refractivity contribution in [1.82, 2.24) is 14.5 Å². The molecule has 2 unspecified atom stereocenters. The lowest BCUT2D eigenvalue weighted by atomic mass is 9.99. The number of piperazine rings is 1. The Morgan fingerprint density at radius 2 is 1.59 bits per heavy atom. The lowest BCUT2D eigenvalue weighted by Crippen LogP contribution is -2.47. The second kappa shape index (κ2) is 15.0. The molecule has 2 aliphatic rings. The Kier molecular flexibility index (Phi) is 10.8. The zero-order valence-corrected chi connectivity index (χ0v) is 30.8. The second-order valence-corrected chi connectivity index (χ2v) is 16.5. The van der Waals surface area contributed by atoms with E-state index >= 15 is 0 Å². The van der Waals surface area contributed by atoms with E-state index in [9.17, 15) is 18.0 Å². The first kappa shape index (κ1) is 35.1. The number of hydrogen-bond acceptors (Lipinski definition) is 9. The van der Waals surface area contributed by atoms with Gasteiger partial charge in [-0.05, 0) is 83.2 Å². The standard InChI is InChI=1S/C36H39BrN4O6S2/c1-24(25-9-5-4-6-10-25)39-19-21-40(22-20-39)29-12-7-11-27-34(29)36(43)41(35(27)42)28(26-14-15-30(46-2)31(23-26)47-3)13-8-18-38-49(44,45)33-17-16-32(37)48-33/h4-7,9-12,14-17,23-24,28,38H,8,13,18-22H2,1-3H3. The van der Waals surface area contributed by atoms with E-state index < -0.39 is 16.1 Å². The van der Waals surface area contributed by atoms with Gasteiger partial charge >= 0.3 is 0 Å². The van der Waals surface area contributed by atoms with Gasteiger partial charge in [-0.25, -0.2) is 13.1 Å². The lowest BCUT2D eigenvalue weighted by Gasteiger charge is -2.39. The number of fused-ring (bicyclic) bond motifs is 1. The fourth-order valence-corrected chi connectivity index (χ4v) is 9.77. The molecular formula is C36H39BrN4O6S2. The number of benzene rings is 3. The fraction of sp³-hybridized carbons (Fsp3) is 0.333. The van der Waals surface area contributed by atoms with Crippen LogP contribution in [0, 0.1) is 0 Å². The van der Waals surface area contributed by atoms with Crippen molar-refractivity contribution in [2.75, 3.05) is 51.8 Å². The number of nitrogens with one attached hydrogen (secondary N) is 1. The van der Waals surface area contributed by atoms with Crippen LogP contribution >= 0.6 is 27.3 Å². The number of sulfonamides is 1. The van der Waals surface area contributed by atoms with Gasteiger partial charge in [0.25, 0.3) is 11.8 Å². The number of anilines is 1. The Morgan fingerprint density at radius 1 is 0.857 bits per heavy atom. The van der Waals surface area contributed by atoms with Crippen LogP contribution < -0.4 is 19.1 Å². The number of thiophene rings is 1. The van der Waals surface area contributed by atoms with Crippen LogP contribution in [0.1, 0.15) is 63.7 Å². The van der Waals surface area contributed by atoms with Crippen LogP contribution in [0.5, 0.6) is 11.5 Å². The molecule has 2 aliphatic heterocycles. The average Bonchev–Trinajstić information content (AvgIpc) is 3.69. The van der Waals surface area contributed by atoms with Crippen LogP contribution in [0.25, 0.3) is 0 Å². The van der Waals surface area contributed by atoms with E-state index in [2.05, 4.69) is 61.6 Å². The summed E-state index contributed by atoms with van der Waals surface area (Å²) in [4.78, 5) is 34.5.